The van der Waals surface area contributed by atoms with E-state index in [4.69, 9.17) is 26.2 Å². The van der Waals surface area contributed by atoms with Crippen molar-refractivity contribution in [3.63, 3.8) is 0 Å². The summed E-state index contributed by atoms with van der Waals surface area (Å²) in [5, 5.41) is 10.2. The Labute approximate surface area is 223 Å². The molecule has 0 amide bonds. The van der Waals surface area contributed by atoms with Crippen LogP contribution in [0, 0.1) is 6.92 Å². The lowest BCUT2D eigenvalue weighted by atomic mass is 9.92. The van der Waals surface area contributed by atoms with Crippen molar-refractivity contribution in [2.24, 2.45) is 0 Å². The van der Waals surface area contributed by atoms with Crippen LogP contribution >= 0.6 is 11.6 Å². The molecule has 1 saturated heterocycles. The van der Waals surface area contributed by atoms with E-state index in [9.17, 15) is 0 Å². The highest BCUT2D eigenvalue weighted by molar-refractivity contribution is 6.31. The Morgan fingerprint density at radius 2 is 1.92 bits per heavy atom. The number of aryl methyl sites for hydroxylation is 1. The second-order valence-electron chi connectivity index (χ2n) is 9.45. The summed E-state index contributed by atoms with van der Waals surface area (Å²) in [6, 6.07) is 14.3. The van der Waals surface area contributed by atoms with Crippen molar-refractivity contribution in [3.05, 3.63) is 82.3 Å². The van der Waals surface area contributed by atoms with E-state index in [0.29, 0.717) is 12.3 Å². The van der Waals surface area contributed by atoms with Crippen LogP contribution in [0.5, 0.6) is 11.5 Å². The fourth-order valence-electron chi connectivity index (χ4n) is 5.38. The van der Waals surface area contributed by atoms with E-state index in [1.165, 1.54) is 5.56 Å². The van der Waals surface area contributed by atoms with Crippen LogP contribution in [0.25, 0.3) is 10.9 Å². The third kappa shape index (κ3) is 5.30. The van der Waals surface area contributed by atoms with Gasteiger partial charge in [-0.05, 0) is 49.1 Å². The number of halogens is 1. The fraction of sp³-hybridized carbons (Fsp3) is 0.379. The summed E-state index contributed by atoms with van der Waals surface area (Å²) in [6.45, 7) is 6.52. The number of nitrogens with one attached hydrogen (secondary N) is 1. The van der Waals surface area contributed by atoms with Gasteiger partial charge in [0.2, 0.25) is 0 Å². The van der Waals surface area contributed by atoms with E-state index in [0.717, 1.165) is 77.5 Å². The summed E-state index contributed by atoms with van der Waals surface area (Å²) >= 11 is 6.46. The largest absolute Gasteiger partial charge is 0.493 e. The van der Waals surface area contributed by atoms with Gasteiger partial charge >= 0.3 is 0 Å². The lowest BCUT2D eigenvalue weighted by Gasteiger charge is -2.36. The highest BCUT2D eigenvalue weighted by Gasteiger charge is 2.30. The van der Waals surface area contributed by atoms with Gasteiger partial charge in [-0.2, -0.15) is 5.10 Å². The first-order valence-corrected chi connectivity index (χ1v) is 13.2. The van der Waals surface area contributed by atoms with Gasteiger partial charge in [0.05, 0.1) is 38.2 Å². The highest BCUT2D eigenvalue weighted by atomic mass is 35.5. The summed E-state index contributed by atoms with van der Waals surface area (Å²) in [5.41, 5.74) is 5.52. The molecule has 2 aromatic heterocycles. The third-order valence-corrected chi connectivity index (χ3v) is 7.77. The SMILES string of the molecule is COc1cc2c(cnn2Cc2ccccn2)c(C(CCc2cccc(Cl)c2C)N2CCNCC2)c1OC. The number of nitrogens with zero attached hydrogens (tertiary/aromatic N) is 4. The van der Waals surface area contributed by atoms with Crippen LogP contribution in [-0.2, 0) is 13.0 Å². The van der Waals surface area contributed by atoms with E-state index in [1.54, 1.807) is 14.2 Å². The standard InChI is InChI=1S/C29H34ClN5O2/c1-20-21(7-6-9-24(20)30)10-11-25(34-15-13-31-14-16-34)28-23-18-33-35(19-22-8-4-5-12-32-22)26(23)17-27(36-2)29(28)37-3/h4-9,12,17-18,25,31H,10-11,13-16,19H2,1-3H3. The zero-order valence-electron chi connectivity index (χ0n) is 21.7. The third-order valence-electron chi connectivity index (χ3n) is 7.36. The van der Waals surface area contributed by atoms with Gasteiger partial charge in [0, 0.05) is 60.5 Å². The van der Waals surface area contributed by atoms with E-state index in [-0.39, 0.29) is 6.04 Å². The summed E-state index contributed by atoms with van der Waals surface area (Å²) in [5.74, 6) is 1.49. The lowest BCUT2D eigenvalue weighted by molar-refractivity contribution is 0.163. The predicted octanol–water partition coefficient (Wildman–Crippen LogP) is 5.04. The molecule has 0 saturated carbocycles. The van der Waals surface area contributed by atoms with Gasteiger partial charge in [0.25, 0.3) is 0 Å². The Bertz CT molecular complexity index is 1350. The maximum atomic E-state index is 6.46. The van der Waals surface area contributed by atoms with Crippen LogP contribution in [0.3, 0.4) is 0 Å². The van der Waals surface area contributed by atoms with E-state index in [2.05, 4.69) is 28.2 Å². The molecule has 1 fully saturated rings. The normalized spacial score (nSPS) is 15.1. The topological polar surface area (TPSA) is 64.4 Å². The number of piperazine rings is 1. The molecule has 7 nitrogen and oxygen atoms in total. The summed E-state index contributed by atoms with van der Waals surface area (Å²) in [7, 11) is 3.42. The molecular weight excluding hydrogens is 486 g/mol. The zero-order valence-corrected chi connectivity index (χ0v) is 22.5. The molecule has 2 aromatic carbocycles. The number of benzene rings is 2. The number of rotatable bonds is 9. The smallest absolute Gasteiger partial charge is 0.166 e. The van der Waals surface area contributed by atoms with Crippen molar-refractivity contribution in [1.82, 2.24) is 25.0 Å². The van der Waals surface area contributed by atoms with Crippen molar-refractivity contribution < 1.29 is 9.47 Å². The van der Waals surface area contributed by atoms with Crippen molar-refractivity contribution in [1.29, 1.82) is 0 Å². The molecule has 3 heterocycles. The molecule has 0 aliphatic carbocycles. The van der Waals surface area contributed by atoms with E-state index < -0.39 is 0 Å². The first-order valence-electron chi connectivity index (χ1n) is 12.8. The quantitative estimate of drug-likeness (QED) is 0.334. The fourth-order valence-corrected chi connectivity index (χ4v) is 5.58. The van der Waals surface area contributed by atoms with Gasteiger partial charge in [0.15, 0.2) is 11.5 Å². The molecule has 4 aromatic rings. The molecule has 194 valence electrons. The molecule has 1 unspecified atom stereocenters. The van der Waals surface area contributed by atoms with E-state index >= 15 is 0 Å². The summed E-state index contributed by atoms with van der Waals surface area (Å²) < 4.78 is 13.9. The van der Waals surface area contributed by atoms with Crippen LogP contribution in [-0.4, -0.2) is 60.1 Å². The minimum atomic E-state index is 0.125. The molecule has 1 N–H and O–H groups in total. The molecule has 5 rings (SSSR count). The van der Waals surface area contributed by atoms with Crippen molar-refractivity contribution in [3.8, 4) is 11.5 Å². The molecular formula is C29H34ClN5O2. The highest BCUT2D eigenvalue weighted by Crippen LogP contribution is 2.44. The summed E-state index contributed by atoms with van der Waals surface area (Å²) in [6.07, 6.45) is 5.61. The van der Waals surface area contributed by atoms with Gasteiger partial charge in [-0.3, -0.25) is 14.6 Å². The number of fused-ring (bicyclic) bond motifs is 1. The van der Waals surface area contributed by atoms with Crippen LogP contribution in [0.2, 0.25) is 5.02 Å². The Hall–Kier alpha value is -3.13. The number of methoxy groups -OCH3 is 2. The molecule has 0 spiro atoms. The second kappa shape index (κ2) is 11.5. The average Bonchev–Trinajstić information content (AvgIpc) is 3.33. The number of ether oxygens (including phenoxy) is 2. The van der Waals surface area contributed by atoms with Gasteiger partial charge in [-0.15, -0.1) is 0 Å². The van der Waals surface area contributed by atoms with Crippen LogP contribution < -0.4 is 14.8 Å². The maximum Gasteiger partial charge on any atom is 0.166 e. The van der Waals surface area contributed by atoms with Gasteiger partial charge in [-0.25, -0.2) is 0 Å². The van der Waals surface area contributed by atoms with Crippen LogP contribution in [0.1, 0.15) is 34.8 Å². The average molecular weight is 520 g/mol. The number of hydrogen-bond acceptors (Lipinski definition) is 6. The van der Waals surface area contributed by atoms with Gasteiger partial charge < -0.3 is 14.8 Å². The summed E-state index contributed by atoms with van der Waals surface area (Å²) in [4.78, 5) is 7.06. The lowest BCUT2D eigenvalue weighted by Crippen LogP contribution is -2.45. The Morgan fingerprint density at radius 3 is 2.65 bits per heavy atom. The number of pyridine rings is 1. The van der Waals surface area contributed by atoms with E-state index in [1.807, 2.05) is 53.5 Å². The van der Waals surface area contributed by atoms with Crippen LogP contribution in [0.4, 0.5) is 0 Å². The zero-order chi connectivity index (χ0) is 25.8. The minimum absolute atomic E-state index is 0.125. The first-order chi connectivity index (χ1) is 18.1. The predicted molar refractivity (Wildman–Crippen MR) is 148 cm³/mol. The molecule has 0 bridgehead atoms. The molecule has 8 heteroatoms. The number of aromatic nitrogens is 3. The number of hydrogen-bond donors (Lipinski definition) is 1. The molecule has 0 radical (unpaired) electrons. The van der Waals surface area contributed by atoms with Crippen molar-refractivity contribution in [2.45, 2.75) is 32.4 Å². The minimum Gasteiger partial charge on any atom is -0.493 e. The molecule has 1 aliphatic rings. The van der Waals surface area contributed by atoms with Crippen molar-refractivity contribution in [2.75, 3.05) is 40.4 Å². The Morgan fingerprint density at radius 1 is 1.08 bits per heavy atom. The monoisotopic (exact) mass is 519 g/mol. The Balaban J connectivity index is 1.61. The molecule has 1 aliphatic heterocycles. The van der Waals surface area contributed by atoms with Gasteiger partial charge in [0.1, 0.15) is 0 Å². The van der Waals surface area contributed by atoms with Gasteiger partial charge in [-0.1, -0.05) is 29.8 Å². The van der Waals surface area contributed by atoms with Crippen LogP contribution in [0.15, 0.2) is 54.9 Å². The molecule has 37 heavy (non-hydrogen) atoms. The Kier molecular flexibility index (Phi) is 7.93. The maximum absolute atomic E-state index is 6.46. The first kappa shape index (κ1) is 25.5. The van der Waals surface area contributed by atoms with Crippen molar-refractivity contribution >= 4 is 22.5 Å². The second-order valence-corrected chi connectivity index (χ2v) is 9.85. The molecule has 1 atom stereocenters.